The molecule has 1 aromatic heterocycles. The summed E-state index contributed by atoms with van der Waals surface area (Å²) in [7, 11) is 0. The van der Waals surface area contributed by atoms with E-state index in [2.05, 4.69) is 20.9 Å². The van der Waals surface area contributed by atoms with Gasteiger partial charge in [0, 0.05) is 17.1 Å². The van der Waals surface area contributed by atoms with Gasteiger partial charge in [-0.15, -0.1) is 0 Å². The van der Waals surface area contributed by atoms with E-state index in [9.17, 15) is 4.39 Å². The standard InChI is InChI=1S/C16H11BrFNO/c1-10-8-16(12-4-2-3-5-15(12)19-10)20-11-6-7-14(18)13(17)9-11/h2-9H,1H3. The molecule has 0 saturated carbocycles. The van der Waals surface area contributed by atoms with Crippen LogP contribution in [0.15, 0.2) is 53.0 Å². The van der Waals surface area contributed by atoms with E-state index >= 15 is 0 Å². The van der Waals surface area contributed by atoms with Crippen LogP contribution < -0.4 is 4.74 Å². The van der Waals surface area contributed by atoms with Crippen LogP contribution in [0.4, 0.5) is 4.39 Å². The fourth-order valence-electron chi connectivity index (χ4n) is 2.02. The number of nitrogens with zero attached hydrogens (tertiary/aromatic N) is 1. The number of benzene rings is 2. The maximum atomic E-state index is 13.2. The molecule has 0 spiro atoms. The van der Waals surface area contributed by atoms with Crippen LogP contribution in [-0.4, -0.2) is 4.98 Å². The van der Waals surface area contributed by atoms with Crippen molar-refractivity contribution in [3.8, 4) is 11.5 Å². The van der Waals surface area contributed by atoms with Gasteiger partial charge in [0.2, 0.25) is 0 Å². The predicted octanol–water partition coefficient (Wildman–Crippen LogP) is 5.24. The molecule has 1 heterocycles. The van der Waals surface area contributed by atoms with E-state index in [1.807, 2.05) is 37.3 Å². The van der Waals surface area contributed by atoms with Gasteiger partial charge in [0.25, 0.3) is 0 Å². The van der Waals surface area contributed by atoms with E-state index < -0.39 is 0 Å². The maximum Gasteiger partial charge on any atom is 0.138 e. The van der Waals surface area contributed by atoms with Crippen molar-refractivity contribution in [2.24, 2.45) is 0 Å². The number of halogens is 2. The number of hydrogen-bond donors (Lipinski definition) is 0. The van der Waals surface area contributed by atoms with E-state index in [-0.39, 0.29) is 5.82 Å². The first-order valence-electron chi connectivity index (χ1n) is 6.13. The number of aromatic nitrogens is 1. The summed E-state index contributed by atoms with van der Waals surface area (Å²) >= 11 is 3.16. The third kappa shape index (κ3) is 2.51. The largest absolute Gasteiger partial charge is 0.457 e. The number of pyridine rings is 1. The molecular formula is C16H11BrFNO. The smallest absolute Gasteiger partial charge is 0.138 e. The van der Waals surface area contributed by atoms with Crippen molar-refractivity contribution >= 4 is 26.8 Å². The molecule has 0 radical (unpaired) electrons. The van der Waals surface area contributed by atoms with Crippen molar-refractivity contribution in [3.05, 3.63) is 64.5 Å². The van der Waals surface area contributed by atoms with Gasteiger partial charge in [0.05, 0.1) is 9.99 Å². The van der Waals surface area contributed by atoms with Gasteiger partial charge in [-0.05, 0) is 53.2 Å². The Bertz CT molecular complexity index is 789. The lowest BCUT2D eigenvalue weighted by Crippen LogP contribution is -1.91. The Kier molecular flexibility index (Phi) is 3.40. The van der Waals surface area contributed by atoms with Crippen molar-refractivity contribution in [3.63, 3.8) is 0 Å². The number of aryl methyl sites for hydroxylation is 1. The molecule has 4 heteroatoms. The molecule has 2 aromatic carbocycles. The van der Waals surface area contributed by atoms with Gasteiger partial charge < -0.3 is 4.74 Å². The molecule has 0 fully saturated rings. The van der Waals surface area contributed by atoms with Gasteiger partial charge in [0.1, 0.15) is 17.3 Å². The Hall–Kier alpha value is -1.94. The predicted molar refractivity (Wildman–Crippen MR) is 80.7 cm³/mol. The number of para-hydroxylation sites is 1. The molecule has 0 unspecified atom stereocenters. The van der Waals surface area contributed by atoms with E-state index in [1.54, 1.807) is 12.1 Å². The average Bonchev–Trinajstić information content (AvgIpc) is 2.43. The first-order chi connectivity index (χ1) is 9.63. The van der Waals surface area contributed by atoms with Crippen LogP contribution in [0.2, 0.25) is 0 Å². The Morgan fingerprint density at radius 3 is 2.70 bits per heavy atom. The van der Waals surface area contributed by atoms with Crippen molar-refractivity contribution in [1.29, 1.82) is 0 Å². The Morgan fingerprint density at radius 2 is 1.90 bits per heavy atom. The van der Waals surface area contributed by atoms with Crippen LogP contribution in [0.25, 0.3) is 10.9 Å². The SMILES string of the molecule is Cc1cc(Oc2ccc(F)c(Br)c2)c2ccccc2n1. The van der Waals surface area contributed by atoms with Crippen LogP contribution in [0.1, 0.15) is 5.69 Å². The molecule has 3 aromatic rings. The second kappa shape index (κ2) is 5.21. The molecule has 20 heavy (non-hydrogen) atoms. The lowest BCUT2D eigenvalue weighted by atomic mass is 10.2. The average molecular weight is 332 g/mol. The van der Waals surface area contributed by atoms with Gasteiger partial charge in [-0.25, -0.2) is 4.39 Å². The molecule has 100 valence electrons. The molecular weight excluding hydrogens is 321 g/mol. The zero-order valence-corrected chi connectivity index (χ0v) is 12.3. The third-order valence-corrected chi connectivity index (χ3v) is 3.53. The van der Waals surface area contributed by atoms with Gasteiger partial charge in [-0.3, -0.25) is 4.98 Å². The minimum atomic E-state index is -0.312. The molecule has 0 saturated heterocycles. The fourth-order valence-corrected chi connectivity index (χ4v) is 2.38. The Morgan fingerprint density at radius 1 is 1.10 bits per heavy atom. The van der Waals surface area contributed by atoms with E-state index in [0.717, 1.165) is 16.6 Å². The minimum Gasteiger partial charge on any atom is -0.457 e. The van der Waals surface area contributed by atoms with E-state index in [0.29, 0.717) is 16.0 Å². The fraction of sp³-hybridized carbons (Fsp3) is 0.0625. The van der Waals surface area contributed by atoms with E-state index in [1.165, 1.54) is 6.07 Å². The highest BCUT2D eigenvalue weighted by Crippen LogP contribution is 2.31. The normalized spacial score (nSPS) is 10.8. The lowest BCUT2D eigenvalue weighted by molar-refractivity contribution is 0.484. The Balaban J connectivity index is 2.07. The maximum absolute atomic E-state index is 13.2. The van der Waals surface area contributed by atoms with Crippen molar-refractivity contribution in [2.45, 2.75) is 6.92 Å². The Labute approximate surface area is 124 Å². The second-order valence-electron chi connectivity index (χ2n) is 4.46. The number of hydrogen-bond acceptors (Lipinski definition) is 2. The first-order valence-corrected chi connectivity index (χ1v) is 6.92. The summed E-state index contributed by atoms with van der Waals surface area (Å²) in [5.74, 6) is 0.980. The van der Waals surface area contributed by atoms with E-state index in [4.69, 9.17) is 4.74 Å². The van der Waals surface area contributed by atoms with Gasteiger partial charge in [-0.1, -0.05) is 12.1 Å². The molecule has 3 rings (SSSR count). The van der Waals surface area contributed by atoms with Gasteiger partial charge in [-0.2, -0.15) is 0 Å². The first kappa shape index (κ1) is 13.1. The molecule has 0 atom stereocenters. The summed E-state index contributed by atoms with van der Waals surface area (Å²) in [5, 5.41) is 0.929. The summed E-state index contributed by atoms with van der Waals surface area (Å²) in [6, 6.07) is 14.2. The summed E-state index contributed by atoms with van der Waals surface area (Å²) in [5.41, 5.74) is 1.75. The van der Waals surface area contributed by atoms with Crippen LogP contribution in [-0.2, 0) is 0 Å². The zero-order valence-electron chi connectivity index (χ0n) is 10.7. The highest BCUT2D eigenvalue weighted by atomic mass is 79.9. The van der Waals surface area contributed by atoms with Gasteiger partial charge in [0.15, 0.2) is 0 Å². The summed E-state index contributed by atoms with van der Waals surface area (Å²) in [4.78, 5) is 4.46. The van der Waals surface area contributed by atoms with Gasteiger partial charge >= 0.3 is 0 Å². The summed E-state index contributed by atoms with van der Waals surface area (Å²) in [6.45, 7) is 1.92. The molecule has 0 aliphatic heterocycles. The highest BCUT2D eigenvalue weighted by Gasteiger charge is 2.07. The zero-order chi connectivity index (χ0) is 14.1. The van der Waals surface area contributed by atoms with Crippen molar-refractivity contribution in [1.82, 2.24) is 4.98 Å². The summed E-state index contributed by atoms with van der Waals surface area (Å²) < 4.78 is 19.5. The molecule has 0 aliphatic rings. The second-order valence-corrected chi connectivity index (χ2v) is 5.31. The van der Waals surface area contributed by atoms with Crippen LogP contribution >= 0.6 is 15.9 Å². The van der Waals surface area contributed by atoms with Crippen molar-refractivity contribution in [2.75, 3.05) is 0 Å². The molecule has 0 N–H and O–H groups in total. The highest BCUT2D eigenvalue weighted by molar-refractivity contribution is 9.10. The molecule has 2 nitrogen and oxygen atoms in total. The number of rotatable bonds is 2. The summed E-state index contributed by atoms with van der Waals surface area (Å²) in [6.07, 6.45) is 0. The third-order valence-electron chi connectivity index (χ3n) is 2.93. The monoisotopic (exact) mass is 331 g/mol. The van der Waals surface area contributed by atoms with Crippen LogP contribution in [0.5, 0.6) is 11.5 Å². The number of fused-ring (bicyclic) bond motifs is 1. The lowest BCUT2D eigenvalue weighted by Gasteiger charge is -2.10. The quantitative estimate of drug-likeness (QED) is 0.640. The van der Waals surface area contributed by atoms with Crippen LogP contribution in [0, 0.1) is 12.7 Å². The molecule has 0 bridgehead atoms. The van der Waals surface area contributed by atoms with Crippen LogP contribution in [0.3, 0.4) is 0 Å². The molecule has 0 amide bonds. The van der Waals surface area contributed by atoms with Crippen molar-refractivity contribution < 1.29 is 9.13 Å². The topological polar surface area (TPSA) is 22.1 Å². The minimum absolute atomic E-state index is 0.312. The molecule has 0 aliphatic carbocycles. The number of ether oxygens (including phenoxy) is 1.